The Morgan fingerprint density at radius 3 is 2.50 bits per heavy atom. The topological polar surface area (TPSA) is 58.6 Å². The summed E-state index contributed by atoms with van der Waals surface area (Å²) in [5.41, 5.74) is 1.70. The average molecular weight is 326 g/mol. The lowest BCUT2D eigenvalue weighted by Crippen LogP contribution is -2.42. The van der Waals surface area contributed by atoms with Gasteiger partial charge in [0.05, 0.1) is 12.0 Å². The largest absolute Gasteiger partial charge is 0.496 e. The Balaban J connectivity index is 2.30. The van der Waals surface area contributed by atoms with Gasteiger partial charge in [-0.2, -0.15) is 4.31 Å². The van der Waals surface area contributed by atoms with E-state index in [1.807, 2.05) is 20.9 Å². The minimum absolute atomic E-state index is 0.369. The number of aryl methyl sites for hydroxylation is 2. The minimum atomic E-state index is -3.43. The zero-order chi connectivity index (χ0) is 16.3. The number of sulfonamides is 1. The van der Waals surface area contributed by atoms with Crippen LogP contribution in [0.4, 0.5) is 0 Å². The molecule has 22 heavy (non-hydrogen) atoms. The van der Waals surface area contributed by atoms with E-state index in [1.54, 1.807) is 23.5 Å². The fourth-order valence-corrected chi connectivity index (χ4v) is 4.96. The third kappa shape index (κ3) is 3.45. The van der Waals surface area contributed by atoms with E-state index in [0.29, 0.717) is 23.9 Å². The van der Waals surface area contributed by atoms with Crippen molar-refractivity contribution in [3.8, 4) is 5.75 Å². The van der Waals surface area contributed by atoms with Crippen molar-refractivity contribution in [2.24, 2.45) is 5.92 Å². The van der Waals surface area contributed by atoms with Crippen LogP contribution >= 0.6 is 0 Å². The summed E-state index contributed by atoms with van der Waals surface area (Å²) in [5, 5.41) is 3.14. The van der Waals surface area contributed by atoms with E-state index < -0.39 is 10.0 Å². The summed E-state index contributed by atoms with van der Waals surface area (Å²) in [7, 11) is 0.0808. The maximum Gasteiger partial charge on any atom is 0.243 e. The van der Waals surface area contributed by atoms with Crippen LogP contribution in [0.5, 0.6) is 5.75 Å². The zero-order valence-electron chi connectivity index (χ0n) is 13.8. The quantitative estimate of drug-likeness (QED) is 0.898. The summed E-state index contributed by atoms with van der Waals surface area (Å²) in [5.74, 6) is 1.14. The summed E-state index contributed by atoms with van der Waals surface area (Å²) < 4.78 is 32.8. The fourth-order valence-electron chi connectivity index (χ4n) is 3.23. The molecule has 1 aliphatic rings. The standard InChI is InChI=1S/C16H26N2O3S/c1-12-8-15(9-13(2)16(12)21-4)22(19,20)18-7-5-6-14(11-18)10-17-3/h8-9,14,17H,5-7,10-11H2,1-4H3. The second-order valence-electron chi connectivity index (χ2n) is 6.02. The molecule has 1 atom stereocenters. The van der Waals surface area contributed by atoms with Gasteiger partial charge in [0.25, 0.3) is 0 Å². The summed E-state index contributed by atoms with van der Waals surface area (Å²) in [6.07, 6.45) is 1.99. The molecule has 1 saturated heterocycles. The zero-order valence-corrected chi connectivity index (χ0v) is 14.7. The molecular formula is C16H26N2O3S. The molecule has 124 valence electrons. The molecule has 0 radical (unpaired) electrons. The Morgan fingerprint density at radius 1 is 1.32 bits per heavy atom. The summed E-state index contributed by atoms with van der Waals surface area (Å²) >= 11 is 0. The maximum absolute atomic E-state index is 12.9. The lowest BCUT2D eigenvalue weighted by Gasteiger charge is -2.32. The van der Waals surface area contributed by atoms with Gasteiger partial charge < -0.3 is 10.1 Å². The predicted octanol–water partition coefficient (Wildman–Crippen LogP) is 1.93. The number of hydrogen-bond acceptors (Lipinski definition) is 4. The molecule has 1 aromatic carbocycles. The first-order valence-corrected chi connectivity index (χ1v) is 9.14. The normalized spacial score (nSPS) is 20.1. The van der Waals surface area contributed by atoms with E-state index in [2.05, 4.69) is 5.32 Å². The molecule has 5 nitrogen and oxygen atoms in total. The van der Waals surface area contributed by atoms with E-state index in [9.17, 15) is 8.42 Å². The molecule has 1 N–H and O–H groups in total. The van der Waals surface area contributed by atoms with Crippen LogP contribution in [0.25, 0.3) is 0 Å². The van der Waals surface area contributed by atoms with Crippen LogP contribution in [0.15, 0.2) is 17.0 Å². The molecule has 2 rings (SSSR count). The van der Waals surface area contributed by atoms with Crippen LogP contribution in [0.1, 0.15) is 24.0 Å². The highest BCUT2D eigenvalue weighted by atomic mass is 32.2. The maximum atomic E-state index is 12.9. The Labute approximate surface area is 133 Å². The van der Waals surface area contributed by atoms with E-state index in [1.165, 1.54) is 0 Å². The minimum Gasteiger partial charge on any atom is -0.496 e. The van der Waals surface area contributed by atoms with Crippen LogP contribution in [-0.4, -0.2) is 46.5 Å². The molecule has 0 aromatic heterocycles. The van der Waals surface area contributed by atoms with E-state index in [0.717, 1.165) is 36.3 Å². The summed E-state index contributed by atoms with van der Waals surface area (Å²) in [6.45, 7) is 5.81. The van der Waals surface area contributed by atoms with Crippen molar-refractivity contribution in [3.63, 3.8) is 0 Å². The average Bonchev–Trinajstić information content (AvgIpc) is 2.47. The summed E-state index contributed by atoms with van der Waals surface area (Å²) in [6, 6.07) is 3.42. The molecule has 1 unspecified atom stereocenters. The van der Waals surface area contributed by atoms with Gasteiger partial charge in [0.2, 0.25) is 10.0 Å². The summed E-state index contributed by atoms with van der Waals surface area (Å²) in [4.78, 5) is 0.369. The van der Waals surface area contributed by atoms with Crippen LogP contribution < -0.4 is 10.1 Å². The number of rotatable bonds is 5. The lowest BCUT2D eigenvalue weighted by molar-refractivity contribution is 0.263. The van der Waals surface area contributed by atoms with E-state index in [4.69, 9.17) is 4.74 Å². The van der Waals surface area contributed by atoms with Gasteiger partial charge in [0.15, 0.2) is 0 Å². The third-order valence-electron chi connectivity index (χ3n) is 4.25. The van der Waals surface area contributed by atoms with E-state index in [-0.39, 0.29) is 0 Å². The smallest absolute Gasteiger partial charge is 0.243 e. The van der Waals surface area contributed by atoms with Crippen molar-refractivity contribution in [1.29, 1.82) is 0 Å². The first-order chi connectivity index (χ1) is 10.4. The van der Waals surface area contributed by atoms with E-state index >= 15 is 0 Å². The third-order valence-corrected chi connectivity index (χ3v) is 6.09. The van der Waals surface area contributed by atoms with Crippen molar-refractivity contribution in [3.05, 3.63) is 23.3 Å². The van der Waals surface area contributed by atoms with Gasteiger partial charge in [-0.3, -0.25) is 0 Å². The number of ether oxygens (including phenoxy) is 1. The van der Waals surface area contributed by atoms with Gasteiger partial charge in [-0.15, -0.1) is 0 Å². The second-order valence-corrected chi connectivity index (χ2v) is 7.96. The van der Waals surface area contributed by atoms with Crippen molar-refractivity contribution in [2.45, 2.75) is 31.6 Å². The molecule has 1 aromatic rings. The monoisotopic (exact) mass is 326 g/mol. The molecule has 1 fully saturated rings. The number of nitrogens with one attached hydrogen (secondary N) is 1. The van der Waals surface area contributed by atoms with Crippen molar-refractivity contribution >= 4 is 10.0 Å². The Bertz CT molecular complexity index is 603. The van der Waals surface area contributed by atoms with Crippen LogP contribution in [-0.2, 0) is 10.0 Å². The Hall–Kier alpha value is -1.11. The van der Waals surface area contributed by atoms with Crippen molar-refractivity contribution in [2.75, 3.05) is 33.8 Å². The molecule has 0 spiro atoms. The first kappa shape index (κ1) is 17.2. The highest BCUT2D eigenvalue weighted by molar-refractivity contribution is 7.89. The Morgan fingerprint density at radius 2 is 1.95 bits per heavy atom. The molecule has 6 heteroatoms. The first-order valence-electron chi connectivity index (χ1n) is 7.70. The molecule has 1 aliphatic heterocycles. The fraction of sp³-hybridized carbons (Fsp3) is 0.625. The highest BCUT2D eigenvalue weighted by Gasteiger charge is 2.30. The number of nitrogens with zero attached hydrogens (tertiary/aromatic N) is 1. The Kier molecular flexibility index (Phi) is 5.47. The number of hydrogen-bond donors (Lipinski definition) is 1. The number of benzene rings is 1. The molecular weight excluding hydrogens is 300 g/mol. The number of piperidine rings is 1. The van der Waals surface area contributed by atoms with Gasteiger partial charge in [-0.25, -0.2) is 8.42 Å². The highest BCUT2D eigenvalue weighted by Crippen LogP contribution is 2.29. The lowest BCUT2D eigenvalue weighted by atomic mass is 10.00. The van der Waals surface area contributed by atoms with Gasteiger partial charge in [-0.1, -0.05) is 0 Å². The van der Waals surface area contributed by atoms with Crippen LogP contribution in [0, 0.1) is 19.8 Å². The van der Waals surface area contributed by atoms with Gasteiger partial charge in [0.1, 0.15) is 5.75 Å². The molecule has 0 amide bonds. The van der Waals surface area contributed by atoms with Crippen LogP contribution in [0.3, 0.4) is 0 Å². The molecule has 1 heterocycles. The van der Waals surface area contributed by atoms with Gasteiger partial charge >= 0.3 is 0 Å². The van der Waals surface area contributed by atoms with Gasteiger partial charge in [-0.05, 0) is 69.5 Å². The molecule has 0 aliphatic carbocycles. The molecule has 0 saturated carbocycles. The molecule has 0 bridgehead atoms. The second kappa shape index (κ2) is 6.98. The van der Waals surface area contributed by atoms with Crippen molar-refractivity contribution < 1.29 is 13.2 Å². The predicted molar refractivity (Wildman–Crippen MR) is 87.9 cm³/mol. The SMILES string of the molecule is CNCC1CCCN(S(=O)(=O)c2cc(C)c(OC)c(C)c2)C1. The number of methoxy groups -OCH3 is 1. The van der Waals surface area contributed by atoms with Crippen molar-refractivity contribution in [1.82, 2.24) is 9.62 Å². The van der Waals surface area contributed by atoms with Crippen LogP contribution in [0.2, 0.25) is 0 Å². The van der Waals surface area contributed by atoms with Gasteiger partial charge in [0, 0.05) is 13.1 Å².